The largest absolute Gasteiger partial charge is 0.493 e. The summed E-state index contributed by atoms with van der Waals surface area (Å²) < 4.78 is 10.8. The van der Waals surface area contributed by atoms with Crippen LogP contribution in [-0.4, -0.2) is 30.9 Å². The summed E-state index contributed by atoms with van der Waals surface area (Å²) in [6.07, 6.45) is 1.83. The quantitative estimate of drug-likeness (QED) is 0.692. The third-order valence-electron chi connectivity index (χ3n) is 2.99. The van der Waals surface area contributed by atoms with Crippen molar-refractivity contribution in [1.82, 2.24) is 0 Å². The van der Waals surface area contributed by atoms with Gasteiger partial charge < -0.3 is 19.5 Å². The van der Waals surface area contributed by atoms with E-state index in [9.17, 15) is 10.0 Å². The molecule has 0 aliphatic carbocycles. The molecule has 0 bridgehead atoms. The lowest BCUT2D eigenvalue weighted by molar-refractivity contribution is 0.269. The predicted octanol–water partition coefficient (Wildman–Crippen LogP) is 0.00842. The van der Waals surface area contributed by atoms with Crippen LogP contribution >= 0.6 is 0 Å². The third-order valence-corrected chi connectivity index (χ3v) is 2.99. The van der Waals surface area contributed by atoms with E-state index < -0.39 is 7.12 Å². The fourth-order valence-corrected chi connectivity index (χ4v) is 2.11. The molecule has 1 aliphatic rings. The SMILES string of the molecule is COc1cc(B(O)O)c(C)c2c1OCCC2. The van der Waals surface area contributed by atoms with Crippen LogP contribution in [0.2, 0.25) is 0 Å². The smallest absolute Gasteiger partial charge is 0.488 e. The Morgan fingerprint density at radius 1 is 1.44 bits per heavy atom. The van der Waals surface area contributed by atoms with Crippen LogP contribution in [0, 0.1) is 6.92 Å². The molecule has 0 radical (unpaired) electrons. The molecule has 0 saturated heterocycles. The van der Waals surface area contributed by atoms with Crippen LogP contribution < -0.4 is 14.9 Å². The number of fused-ring (bicyclic) bond motifs is 1. The van der Waals surface area contributed by atoms with E-state index in [1.807, 2.05) is 6.92 Å². The van der Waals surface area contributed by atoms with Crippen LogP contribution in [0.5, 0.6) is 11.5 Å². The second-order valence-corrected chi connectivity index (χ2v) is 3.93. The van der Waals surface area contributed by atoms with Gasteiger partial charge in [0.25, 0.3) is 0 Å². The van der Waals surface area contributed by atoms with E-state index in [1.54, 1.807) is 13.2 Å². The number of benzene rings is 1. The molecule has 0 atom stereocenters. The summed E-state index contributed by atoms with van der Waals surface area (Å²) in [5.41, 5.74) is 2.39. The van der Waals surface area contributed by atoms with Crippen LogP contribution in [0.25, 0.3) is 0 Å². The fourth-order valence-electron chi connectivity index (χ4n) is 2.11. The van der Waals surface area contributed by atoms with Crippen molar-refractivity contribution in [2.45, 2.75) is 19.8 Å². The van der Waals surface area contributed by atoms with Gasteiger partial charge in [-0.2, -0.15) is 0 Å². The van der Waals surface area contributed by atoms with Crippen molar-refractivity contribution < 1.29 is 19.5 Å². The van der Waals surface area contributed by atoms with E-state index in [2.05, 4.69) is 0 Å². The van der Waals surface area contributed by atoms with E-state index >= 15 is 0 Å². The molecule has 1 aromatic rings. The number of hydrogen-bond acceptors (Lipinski definition) is 4. The molecule has 4 nitrogen and oxygen atoms in total. The molecule has 0 amide bonds. The molecule has 1 aromatic carbocycles. The van der Waals surface area contributed by atoms with Crippen molar-refractivity contribution in [3.63, 3.8) is 0 Å². The van der Waals surface area contributed by atoms with Gasteiger partial charge in [0.05, 0.1) is 13.7 Å². The first kappa shape index (κ1) is 11.3. The average molecular weight is 222 g/mol. The first-order valence-corrected chi connectivity index (χ1v) is 5.34. The van der Waals surface area contributed by atoms with Gasteiger partial charge in [-0.1, -0.05) is 0 Å². The topological polar surface area (TPSA) is 58.9 Å². The standard InChI is InChI=1S/C11H15BO4/c1-7-8-4-3-5-16-11(8)10(15-2)6-9(7)12(13)14/h6,13-14H,3-5H2,1-2H3. The number of ether oxygens (including phenoxy) is 2. The van der Waals surface area contributed by atoms with E-state index in [1.165, 1.54) is 0 Å². The van der Waals surface area contributed by atoms with Crippen LogP contribution in [-0.2, 0) is 6.42 Å². The van der Waals surface area contributed by atoms with E-state index in [-0.39, 0.29) is 0 Å². The van der Waals surface area contributed by atoms with Gasteiger partial charge in [0.15, 0.2) is 11.5 Å². The highest BCUT2D eigenvalue weighted by molar-refractivity contribution is 6.59. The van der Waals surface area contributed by atoms with Gasteiger partial charge in [0.1, 0.15) is 0 Å². The van der Waals surface area contributed by atoms with Crippen molar-refractivity contribution in [1.29, 1.82) is 0 Å². The lowest BCUT2D eigenvalue weighted by Gasteiger charge is -2.23. The highest BCUT2D eigenvalue weighted by atomic mass is 16.5. The minimum atomic E-state index is -1.47. The van der Waals surface area contributed by atoms with Crippen molar-refractivity contribution in [2.75, 3.05) is 13.7 Å². The summed E-state index contributed by atoms with van der Waals surface area (Å²) in [6.45, 7) is 2.56. The monoisotopic (exact) mass is 222 g/mol. The van der Waals surface area contributed by atoms with Crippen molar-refractivity contribution in [3.8, 4) is 11.5 Å². The first-order chi connectivity index (χ1) is 7.65. The number of rotatable bonds is 2. The lowest BCUT2D eigenvalue weighted by Crippen LogP contribution is -2.33. The molecule has 0 unspecified atom stereocenters. The minimum absolute atomic E-state index is 0.487. The summed E-state index contributed by atoms with van der Waals surface area (Å²) in [5, 5.41) is 18.6. The maximum Gasteiger partial charge on any atom is 0.488 e. The highest BCUT2D eigenvalue weighted by Gasteiger charge is 2.24. The first-order valence-electron chi connectivity index (χ1n) is 5.34. The summed E-state index contributed by atoms with van der Waals surface area (Å²) in [4.78, 5) is 0. The van der Waals surface area contributed by atoms with E-state index in [0.29, 0.717) is 17.8 Å². The summed E-state index contributed by atoms with van der Waals surface area (Å²) in [5.74, 6) is 1.32. The predicted molar refractivity (Wildman–Crippen MR) is 61.4 cm³/mol. The molecule has 1 heterocycles. The zero-order chi connectivity index (χ0) is 11.7. The Bertz CT molecular complexity index is 403. The van der Waals surface area contributed by atoms with Crippen molar-refractivity contribution in [2.24, 2.45) is 0 Å². The van der Waals surface area contributed by atoms with E-state index in [4.69, 9.17) is 9.47 Å². The molecule has 0 fully saturated rings. The Labute approximate surface area is 95.0 Å². The Balaban J connectivity index is 2.60. The lowest BCUT2D eigenvalue weighted by atomic mass is 9.75. The van der Waals surface area contributed by atoms with Gasteiger partial charge in [0.2, 0.25) is 0 Å². The second-order valence-electron chi connectivity index (χ2n) is 3.93. The summed E-state index contributed by atoms with van der Waals surface area (Å²) >= 11 is 0. The van der Waals surface area contributed by atoms with E-state index in [0.717, 1.165) is 29.7 Å². The van der Waals surface area contributed by atoms with Gasteiger partial charge in [0, 0.05) is 5.56 Å². The number of methoxy groups -OCH3 is 1. The molecule has 0 aromatic heterocycles. The molecular formula is C11H15BO4. The Morgan fingerprint density at radius 3 is 2.81 bits per heavy atom. The van der Waals surface area contributed by atoms with Gasteiger partial charge in [-0.15, -0.1) is 0 Å². The van der Waals surface area contributed by atoms with Crippen LogP contribution in [0.15, 0.2) is 6.07 Å². The molecule has 86 valence electrons. The molecule has 0 saturated carbocycles. The minimum Gasteiger partial charge on any atom is -0.493 e. The zero-order valence-electron chi connectivity index (χ0n) is 9.49. The summed E-state index contributed by atoms with van der Waals surface area (Å²) in [6, 6.07) is 1.63. The molecule has 2 rings (SSSR count). The third kappa shape index (κ3) is 1.76. The Morgan fingerprint density at radius 2 is 2.19 bits per heavy atom. The molecule has 5 heteroatoms. The zero-order valence-corrected chi connectivity index (χ0v) is 9.49. The van der Waals surface area contributed by atoms with Gasteiger partial charge >= 0.3 is 7.12 Å². The normalized spacial score (nSPS) is 14.0. The molecule has 1 aliphatic heterocycles. The molecule has 2 N–H and O–H groups in total. The van der Waals surface area contributed by atoms with Crippen molar-refractivity contribution >= 4 is 12.6 Å². The highest BCUT2D eigenvalue weighted by Crippen LogP contribution is 2.35. The Kier molecular flexibility index (Phi) is 3.07. The fraction of sp³-hybridized carbons (Fsp3) is 0.455. The van der Waals surface area contributed by atoms with Gasteiger partial charge in [-0.3, -0.25) is 0 Å². The maximum absolute atomic E-state index is 9.29. The Hall–Kier alpha value is -1.20. The maximum atomic E-state index is 9.29. The van der Waals surface area contributed by atoms with Crippen molar-refractivity contribution in [3.05, 3.63) is 17.2 Å². The van der Waals surface area contributed by atoms with Crippen LogP contribution in [0.3, 0.4) is 0 Å². The van der Waals surface area contributed by atoms with Crippen LogP contribution in [0.1, 0.15) is 17.5 Å². The molecular weight excluding hydrogens is 207 g/mol. The van der Waals surface area contributed by atoms with Gasteiger partial charge in [-0.05, 0) is 36.9 Å². The number of hydrogen-bond donors (Lipinski definition) is 2. The summed E-state index contributed by atoms with van der Waals surface area (Å²) in [7, 11) is 0.0809. The second kappa shape index (κ2) is 4.35. The van der Waals surface area contributed by atoms with Crippen LogP contribution in [0.4, 0.5) is 0 Å². The van der Waals surface area contributed by atoms with Gasteiger partial charge in [-0.25, -0.2) is 0 Å². The average Bonchev–Trinajstić information content (AvgIpc) is 2.29. The molecule has 0 spiro atoms. The molecule has 16 heavy (non-hydrogen) atoms.